The Labute approximate surface area is 372 Å². The van der Waals surface area contributed by atoms with Crippen molar-refractivity contribution in [3.63, 3.8) is 0 Å². The van der Waals surface area contributed by atoms with E-state index in [4.69, 9.17) is 4.42 Å². The number of nitrogens with one attached hydrogen (secondary N) is 1. The van der Waals surface area contributed by atoms with Crippen molar-refractivity contribution in [3.05, 3.63) is 240 Å². The Morgan fingerprint density at radius 2 is 0.969 bits per heavy atom. The van der Waals surface area contributed by atoms with Crippen LogP contribution in [0.1, 0.15) is 47.2 Å². The van der Waals surface area contributed by atoms with Crippen LogP contribution >= 0.6 is 0 Å². The Hall–Kier alpha value is -7.94. The zero-order valence-electron chi connectivity index (χ0n) is 35.5. The maximum atomic E-state index is 6.81. The van der Waals surface area contributed by atoms with Gasteiger partial charge in [0, 0.05) is 38.7 Å². The van der Waals surface area contributed by atoms with E-state index in [2.05, 4.69) is 225 Å². The molecule has 1 N–H and O–H groups in total. The Kier molecular flexibility index (Phi) is 7.13. The Morgan fingerprint density at radius 1 is 0.375 bits per heavy atom. The molecule has 0 saturated heterocycles. The second kappa shape index (κ2) is 12.8. The molecule has 0 amide bonds. The molecule has 0 atom stereocenters. The van der Waals surface area contributed by atoms with Crippen LogP contribution in [-0.4, -0.2) is 0 Å². The highest BCUT2D eigenvalue weighted by molar-refractivity contribution is 6.21. The van der Waals surface area contributed by atoms with Gasteiger partial charge in [0.05, 0.1) is 5.41 Å². The molecular weight excluding hydrogens is 775 g/mol. The highest BCUT2D eigenvalue weighted by atomic mass is 16.3. The highest BCUT2D eigenvalue weighted by Gasteiger charge is 2.51. The molecule has 11 aromatic rings. The van der Waals surface area contributed by atoms with Crippen LogP contribution in [0.15, 0.2) is 211 Å². The molecule has 0 saturated carbocycles. The van der Waals surface area contributed by atoms with Gasteiger partial charge >= 0.3 is 0 Å². The molecule has 14 rings (SSSR count). The van der Waals surface area contributed by atoms with Crippen LogP contribution in [0.4, 0.5) is 11.4 Å². The molecular formula is C62H41NO. The number of rotatable bonds is 4. The van der Waals surface area contributed by atoms with E-state index in [9.17, 15) is 0 Å². The first kappa shape index (κ1) is 35.6. The van der Waals surface area contributed by atoms with Crippen molar-refractivity contribution < 1.29 is 4.42 Å². The molecule has 2 nitrogen and oxygen atoms in total. The fourth-order valence-electron chi connectivity index (χ4n) is 12.1. The number of furan rings is 1. The van der Waals surface area contributed by atoms with Crippen LogP contribution in [0.5, 0.6) is 0 Å². The van der Waals surface area contributed by atoms with Crippen LogP contribution in [0, 0.1) is 0 Å². The lowest BCUT2D eigenvalue weighted by atomic mass is 9.70. The summed E-state index contributed by atoms with van der Waals surface area (Å²) in [6.45, 7) is 4.74. The summed E-state index contributed by atoms with van der Waals surface area (Å²) < 4.78 is 6.81. The number of hydrogen-bond donors (Lipinski definition) is 1. The molecule has 0 bridgehead atoms. The predicted octanol–water partition coefficient (Wildman–Crippen LogP) is 16.5. The smallest absolute Gasteiger partial charge is 0.143 e. The van der Waals surface area contributed by atoms with Crippen LogP contribution in [0.2, 0.25) is 0 Å². The molecule has 3 aliphatic carbocycles. The largest absolute Gasteiger partial charge is 0.455 e. The molecule has 10 aromatic carbocycles. The van der Waals surface area contributed by atoms with Gasteiger partial charge in [-0.25, -0.2) is 0 Å². The summed E-state index contributed by atoms with van der Waals surface area (Å²) in [5.74, 6) is 0. The second-order valence-corrected chi connectivity index (χ2v) is 18.4. The maximum Gasteiger partial charge on any atom is 0.143 e. The summed E-state index contributed by atoms with van der Waals surface area (Å²) >= 11 is 0. The first-order chi connectivity index (χ1) is 31.5. The minimum Gasteiger partial charge on any atom is -0.455 e. The van der Waals surface area contributed by atoms with Gasteiger partial charge in [0.15, 0.2) is 0 Å². The van der Waals surface area contributed by atoms with E-state index in [1.807, 2.05) is 0 Å². The topological polar surface area (TPSA) is 25.2 Å². The molecule has 0 radical (unpaired) electrons. The molecule has 1 heterocycles. The van der Waals surface area contributed by atoms with Crippen molar-refractivity contribution in [3.8, 4) is 55.6 Å². The van der Waals surface area contributed by atoms with Gasteiger partial charge in [-0.05, 0) is 125 Å². The average molecular weight is 816 g/mol. The van der Waals surface area contributed by atoms with Crippen LogP contribution in [0.3, 0.4) is 0 Å². The van der Waals surface area contributed by atoms with Crippen molar-refractivity contribution in [1.82, 2.24) is 0 Å². The average Bonchev–Trinajstić information content (AvgIpc) is 4.03. The van der Waals surface area contributed by atoms with Gasteiger partial charge in [-0.3, -0.25) is 0 Å². The van der Waals surface area contributed by atoms with Crippen molar-refractivity contribution in [2.24, 2.45) is 0 Å². The summed E-state index contributed by atoms with van der Waals surface area (Å²) in [5.41, 5.74) is 23.7. The molecule has 0 aliphatic heterocycles. The fraction of sp³-hybridized carbons (Fsp3) is 0.0645. The van der Waals surface area contributed by atoms with Gasteiger partial charge < -0.3 is 9.73 Å². The fourth-order valence-corrected chi connectivity index (χ4v) is 12.1. The zero-order valence-corrected chi connectivity index (χ0v) is 35.5. The first-order valence-corrected chi connectivity index (χ1v) is 22.4. The summed E-state index contributed by atoms with van der Waals surface area (Å²) in [6, 6.07) is 76.5. The van der Waals surface area contributed by atoms with E-state index >= 15 is 0 Å². The van der Waals surface area contributed by atoms with Gasteiger partial charge in [0.2, 0.25) is 0 Å². The van der Waals surface area contributed by atoms with E-state index in [-0.39, 0.29) is 5.41 Å². The quantitative estimate of drug-likeness (QED) is 0.191. The normalized spacial score (nSPS) is 14.3. The minimum absolute atomic E-state index is 0.180. The Bertz CT molecular complexity index is 3730. The van der Waals surface area contributed by atoms with Crippen molar-refractivity contribution >= 4 is 44.1 Å². The van der Waals surface area contributed by atoms with Crippen LogP contribution in [0.25, 0.3) is 88.3 Å². The number of fused-ring (bicyclic) bond motifs is 18. The summed E-state index contributed by atoms with van der Waals surface area (Å²) in [5, 5.41) is 8.73. The van der Waals surface area contributed by atoms with Gasteiger partial charge in [-0.15, -0.1) is 0 Å². The predicted molar refractivity (Wildman–Crippen MR) is 266 cm³/mol. The third-order valence-corrected chi connectivity index (χ3v) is 14.9. The standard InChI is InChI=1S/C62H41NO/c1-61(2)51-24-12-8-23-45(51)49-35-47(39-28-30-46-44-22-11-15-27-54(44)62(56(46)32-39)52-25-13-9-20-42(52)43-21-10-14-26-53(43)62)57(36-55(49)61)63-40-33-48(37-16-4-3-5-17-37)60-50(34-40)59-41-19-7-6-18-38(41)29-31-58(59)64-60/h3-36,63H,1-2H3. The van der Waals surface area contributed by atoms with Gasteiger partial charge in [0.25, 0.3) is 0 Å². The van der Waals surface area contributed by atoms with Gasteiger partial charge in [-0.2, -0.15) is 0 Å². The van der Waals surface area contributed by atoms with Crippen molar-refractivity contribution in [2.45, 2.75) is 24.7 Å². The number of hydrogen-bond acceptors (Lipinski definition) is 2. The third kappa shape index (κ3) is 4.64. The van der Waals surface area contributed by atoms with E-state index in [0.717, 1.165) is 44.4 Å². The highest BCUT2D eigenvalue weighted by Crippen LogP contribution is 2.63. The lowest BCUT2D eigenvalue weighted by Gasteiger charge is -2.31. The lowest BCUT2D eigenvalue weighted by Crippen LogP contribution is -2.25. The summed E-state index contributed by atoms with van der Waals surface area (Å²) in [4.78, 5) is 0. The van der Waals surface area contributed by atoms with Crippen LogP contribution < -0.4 is 5.32 Å². The van der Waals surface area contributed by atoms with Crippen molar-refractivity contribution in [2.75, 3.05) is 5.32 Å². The van der Waals surface area contributed by atoms with E-state index in [1.54, 1.807) is 0 Å². The molecule has 64 heavy (non-hydrogen) atoms. The number of anilines is 2. The zero-order chi connectivity index (χ0) is 42.3. The molecule has 3 aliphatic rings. The molecule has 1 aromatic heterocycles. The SMILES string of the molecule is CC1(C)c2ccccc2-c2cc(-c3ccc4c(c3)C3(c5ccccc5-c5ccccc53)c3ccccc3-4)c(Nc3cc(-c4ccccc4)c4oc5ccc6ccccc6c5c4c3)cc21. The summed E-state index contributed by atoms with van der Waals surface area (Å²) in [6.07, 6.45) is 0. The van der Waals surface area contributed by atoms with Gasteiger partial charge in [0.1, 0.15) is 11.2 Å². The van der Waals surface area contributed by atoms with Gasteiger partial charge in [-0.1, -0.05) is 184 Å². The van der Waals surface area contributed by atoms with E-state index in [0.29, 0.717) is 0 Å². The third-order valence-electron chi connectivity index (χ3n) is 14.9. The molecule has 0 fully saturated rings. The monoisotopic (exact) mass is 815 g/mol. The molecule has 300 valence electrons. The molecule has 0 unspecified atom stereocenters. The molecule has 2 heteroatoms. The van der Waals surface area contributed by atoms with Crippen molar-refractivity contribution in [1.29, 1.82) is 0 Å². The van der Waals surface area contributed by atoms with E-state index in [1.165, 1.54) is 88.7 Å². The lowest BCUT2D eigenvalue weighted by molar-refractivity contribution is 0.660. The van der Waals surface area contributed by atoms with E-state index < -0.39 is 5.41 Å². The Morgan fingerprint density at radius 3 is 1.67 bits per heavy atom. The first-order valence-electron chi connectivity index (χ1n) is 22.4. The second-order valence-electron chi connectivity index (χ2n) is 18.4. The van der Waals surface area contributed by atoms with Crippen LogP contribution in [-0.2, 0) is 10.8 Å². The minimum atomic E-state index is -0.436. The Balaban J connectivity index is 1.03. The summed E-state index contributed by atoms with van der Waals surface area (Å²) in [7, 11) is 0. The molecule has 1 spiro atoms. The maximum absolute atomic E-state index is 6.81. The number of benzene rings is 10.